The monoisotopic (exact) mass is 317 g/mol. The number of rotatable bonds is 6. The lowest BCUT2D eigenvalue weighted by Crippen LogP contribution is -2.39. The molecule has 0 aliphatic heterocycles. The summed E-state index contributed by atoms with van der Waals surface area (Å²) in [4.78, 5) is 12.3. The number of benzene rings is 2. The molecule has 2 aromatic rings. The fourth-order valence-electron chi connectivity index (χ4n) is 2.44. The number of halogens is 1. The van der Waals surface area contributed by atoms with Crippen LogP contribution in [-0.2, 0) is 0 Å². The van der Waals surface area contributed by atoms with Gasteiger partial charge in [0.1, 0.15) is 11.6 Å². The topological polar surface area (TPSA) is 69.6 Å². The highest BCUT2D eigenvalue weighted by Crippen LogP contribution is 2.21. The molecule has 23 heavy (non-hydrogen) atoms. The zero-order valence-electron chi connectivity index (χ0n) is 12.9. The van der Waals surface area contributed by atoms with E-state index in [1.807, 2.05) is 25.1 Å². The Bertz CT molecular complexity index is 661. The van der Waals surface area contributed by atoms with Gasteiger partial charge in [-0.25, -0.2) is 4.39 Å². The van der Waals surface area contributed by atoms with Crippen molar-refractivity contribution in [2.45, 2.75) is 31.9 Å². The standard InChI is InChI=1S/C18H20FNO3/c1-2-6-16(17(22)12-7-4-3-5-8-12)20-18(23)14-10-9-13(21)11-15(14)19/h3-5,7-11,16-17,21-22H,2,6H2,1H3,(H,20,23)/t16-,17-/m0/s1. The van der Waals surface area contributed by atoms with Crippen molar-refractivity contribution in [3.8, 4) is 5.75 Å². The SMILES string of the molecule is CCC[C@H](NC(=O)c1ccc(O)cc1F)[C@@H](O)c1ccccc1. The van der Waals surface area contributed by atoms with Gasteiger partial charge in [0.2, 0.25) is 0 Å². The van der Waals surface area contributed by atoms with Crippen molar-refractivity contribution in [2.75, 3.05) is 0 Å². The van der Waals surface area contributed by atoms with Crippen LogP contribution in [0, 0.1) is 5.82 Å². The first-order valence-corrected chi connectivity index (χ1v) is 7.55. The van der Waals surface area contributed by atoms with E-state index < -0.39 is 23.9 Å². The quantitative estimate of drug-likeness (QED) is 0.766. The van der Waals surface area contributed by atoms with E-state index in [0.29, 0.717) is 12.0 Å². The molecule has 0 unspecified atom stereocenters. The van der Waals surface area contributed by atoms with Crippen LogP contribution in [0.1, 0.15) is 41.8 Å². The van der Waals surface area contributed by atoms with E-state index in [-0.39, 0.29) is 11.3 Å². The first kappa shape index (κ1) is 17.0. The summed E-state index contributed by atoms with van der Waals surface area (Å²) in [6, 6.07) is 11.8. The molecule has 0 aliphatic carbocycles. The molecule has 122 valence electrons. The molecule has 1 amide bonds. The lowest BCUT2D eigenvalue weighted by molar-refractivity contribution is 0.0816. The Morgan fingerprint density at radius 3 is 2.52 bits per heavy atom. The second-order valence-electron chi connectivity index (χ2n) is 5.39. The van der Waals surface area contributed by atoms with E-state index in [1.165, 1.54) is 12.1 Å². The van der Waals surface area contributed by atoms with Crippen LogP contribution in [0.15, 0.2) is 48.5 Å². The van der Waals surface area contributed by atoms with Gasteiger partial charge in [-0.2, -0.15) is 0 Å². The Morgan fingerprint density at radius 1 is 1.22 bits per heavy atom. The van der Waals surface area contributed by atoms with Gasteiger partial charge in [-0.3, -0.25) is 4.79 Å². The average molecular weight is 317 g/mol. The lowest BCUT2D eigenvalue weighted by Gasteiger charge is -2.24. The van der Waals surface area contributed by atoms with E-state index in [2.05, 4.69) is 5.32 Å². The van der Waals surface area contributed by atoms with Gasteiger partial charge < -0.3 is 15.5 Å². The molecular formula is C18H20FNO3. The molecule has 3 N–H and O–H groups in total. The van der Waals surface area contributed by atoms with Crippen LogP contribution in [0.5, 0.6) is 5.75 Å². The van der Waals surface area contributed by atoms with Crippen molar-refractivity contribution in [1.29, 1.82) is 0 Å². The number of phenolic OH excluding ortho intramolecular Hbond substituents is 1. The van der Waals surface area contributed by atoms with Gasteiger partial charge in [-0.05, 0) is 24.1 Å². The van der Waals surface area contributed by atoms with Crippen molar-refractivity contribution in [3.05, 3.63) is 65.5 Å². The first-order valence-electron chi connectivity index (χ1n) is 7.55. The van der Waals surface area contributed by atoms with Gasteiger partial charge in [-0.15, -0.1) is 0 Å². The number of amides is 1. The van der Waals surface area contributed by atoms with Crippen LogP contribution >= 0.6 is 0 Å². The summed E-state index contributed by atoms with van der Waals surface area (Å²) in [5, 5.41) is 22.4. The predicted molar refractivity (Wildman–Crippen MR) is 85.6 cm³/mol. The summed E-state index contributed by atoms with van der Waals surface area (Å²) < 4.78 is 13.8. The summed E-state index contributed by atoms with van der Waals surface area (Å²) >= 11 is 0. The zero-order valence-corrected chi connectivity index (χ0v) is 12.9. The van der Waals surface area contributed by atoms with Crippen molar-refractivity contribution < 1.29 is 19.4 Å². The Kier molecular flexibility index (Phi) is 5.71. The molecule has 0 spiro atoms. The number of carbonyl (C=O) groups excluding carboxylic acids is 1. The van der Waals surface area contributed by atoms with Gasteiger partial charge in [0.15, 0.2) is 0 Å². The molecule has 2 rings (SSSR count). The fraction of sp³-hybridized carbons (Fsp3) is 0.278. The molecule has 4 nitrogen and oxygen atoms in total. The predicted octanol–water partition coefficient (Wildman–Crippen LogP) is 3.16. The van der Waals surface area contributed by atoms with E-state index in [4.69, 9.17) is 0 Å². The summed E-state index contributed by atoms with van der Waals surface area (Å²) in [7, 11) is 0. The molecule has 0 fully saturated rings. The van der Waals surface area contributed by atoms with Gasteiger partial charge in [0.25, 0.3) is 5.91 Å². The largest absolute Gasteiger partial charge is 0.508 e. The minimum absolute atomic E-state index is 0.163. The number of aliphatic hydroxyl groups is 1. The molecule has 0 aromatic heterocycles. The van der Waals surface area contributed by atoms with Crippen LogP contribution in [0.2, 0.25) is 0 Å². The van der Waals surface area contributed by atoms with Crippen LogP contribution in [0.3, 0.4) is 0 Å². The maximum absolute atomic E-state index is 13.8. The van der Waals surface area contributed by atoms with E-state index in [9.17, 15) is 19.4 Å². The number of carbonyl (C=O) groups is 1. The number of aliphatic hydroxyl groups excluding tert-OH is 1. The summed E-state index contributed by atoms with van der Waals surface area (Å²) in [5.41, 5.74) is 0.529. The third-order valence-electron chi connectivity index (χ3n) is 3.64. The molecule has 0 aliphatic rings. The van der Waals surface area contributed by atoms with Crippen LogP contribution < -0.4 is 5.32 Å². The molecule has 0 heterocycles. The minimum atomic E-state index is -0.875. The fourth-order valence-corrected chi connectivity index (χ4v) is 2.44. The summed E-state index contributed by atoms with van der Waals surface area (Å²) in [6.07, 6.45) is 0.439. The number of hydrogen-bond donors (Lipinski definition) is 3. The van der Waals surface area contributed by atoms with Gasteiger partial charge in [-0.1, -0.05) is 43.7 Å². The number of hydrogen-bond acceptors (Lipinski definition) is 3. The van der Waals surface area contributed by atoms with Crippen molar-refractivity contribution >= 4 is 5.91 Å². The van der Waals surface area contributed by atoms with E-state index in [1.54, 1.807) is 12.1 Å². The van der Waals surface area contributed by atoms with Crippen LogP contribution in [0.4, 0.5) is 4.39 Å². The number of aromatic hydroxyl groups is 1. The molecule has 0 bridgehead atoms. The third-order valence-corrected chi connectivity index (χ3v) is 3.64. The van der Waals surface area contributed by atoms with E-state index in [0.717, 1.165) is 12.5 Å². The third kappa shape index (κ3) is 4.29. The smallest absolute Gasteiger partial charge is 0.254 e. The van der Waals surface area contributed by atoms with E-state index >= 15 is 0 Å². The van der Waals surface area contributed by atoms with Crippen LogP contribution in [-0.4, -0.2) is 22.2 Å². The maximum Gasteiger partial charge on any atom is 0.254 e. The second kappa shape index (κ2) is 7.74. The highest BCUT2D eigenvalue weighted by atomic mass is 19.1. The molecule has 2 aromatic carbocycles. The molecule has 0 radical (unpaired) electrons. The summed E-state index contributed by atoms with van der Waals surface area (Å²) in [5.74, 6) is -1.66. The molecule has 2 atom stereocenters. The number of nitrogens with one attached hydrogen (secondary N) is 1. The molecular weight excluding hydrogens is 297 g/mol. The molecule has 5 heteroatoms. The maximum atomic E-state index is 13.8. The molecule has 0 saturated heterocycles. The Labute approximate surface area is 134 Å². The summed E-state index contributed by atoms with van der Waals surface area (Å²) in [6.45, 7) is 1.94. The van der Waals surface area contributed by atoms with Gasteiger partial charge >= 0.3 is 0 Å². The Balaban J connectivity index is 2.17. The average Bonchev–Trinajstić information content (AvgIpc) is 2.54. The second-order valence-corrected chi connectivity index (χ2v) is 5.39. The highest BCUT2D eigenvalue weighted by Gasteiger charge is 2.23. The zero-order chi connectivity index (χ0) is 16.8. The molecule has 0 saturated carbocycles. The number of phenols is 1. The minimum Gasteiger partial charge on any atom is -0.508 e. The van der Waals surface area contributed by atoms with Crippen molar-refractivity contribution in [2.24, 2.45) is 0 Å². The first-order chi connectivity index (χ1) is 11.0. The van der Waals surface area contributed by atoms with Crippen LogP contribution in [0.25, 0.3) is 0 Å². The van der Waals surface area contributed by atoms with Gasteiger partial charge in [0, 0.05) is 6.07 Å². The Morgan fingerprint density at radius 2 is 1.91 bits per heavy atom. The van der Waals surface area contributed by atoms with Crippen molar-refractivity contribution in [1.82, 2.24) is 5.32 Å². The highest BCUT2D eigenvalue weighted by molar-refractivity contribution is 5.94. The van der Waals surface area contributed by atoms with Gasteiger partial charge in [0.05, 0.1) is 17.7 Å². The van der Waals surface area contributed by atoms with Crippen molar-refractivity contribution in [3.63, 3.8) is 0 Å². The lowest BCUT2D eigenvalue weighted by atomic mass is 9.98. The normalized spacial score (nSPS) is 13.3. The Hall–Kier alpha value is -2.40.